The standard InChI is InChI=1S/C15H16N4OS/c1-3-16-14-12(9-21-15-19-18-10(2)20-15)8-11-6-4-5-7-13(11)17-14/h4-8H,3,9H2,1-2H3,(H,16,17). The molecule has 1 N–H and O–H groups in total. The molecule has 0 aliphatic rings. The predicted molar refractivity (Wildman–Crippen MR) is 84.5 cm³/mol. The van der Waals surface area contributed by atoms with Gasteiger partial charge in [-0.05, 0) is 19.1 Å². The average molecular weight is 300 g/mol. The van der Waals surface area contributed by atoms with Crippen molar-refractivity contribution >= 4 is 28.5 Å². The number of aromatic nitrogens is 3. The molecule has 0 spiro atoms. The Balaban J connectivity index is 1.89. The molecule has 1 aromatic carbocycles. The lowest BCUT2D eigenvalue weighted by atomic mass is 10.1. The van der Waals surface area contributed by atoms with Crippen LogP contribution < -0.4 is 5.32 Å². The van der Waals surface area contributed by atoms with Crippen LogP contribution in [0.15, 0.2) is 40.0 Å². The van der Waals surface area contributed by atoms with E-state index in [1.165, 1.54) is 11.8 Å². The van der Waals surface area contributed by atoms with Gasteiger partial charge in [0.2, 0.25) is 5.89 Å². The number of nitrogens with zero attached hydrogens (tertiary/aromatic N) is 3. The second kappa shape index (κ2) is 6.13. The summed E-state index contributed by atoms with van der Waals surface area (Å²) in [5.74, 6) is 2.24. The van der Waals surface area contributed by atoms with Gasteiger partial charge in [0.05, 0.1) is 5.52 Å². The fraction of sp³-hybridized carbons (Fsp3) is 0.267. The summed E-state index contributed by atoms with van der Waals surface area (Å²) in [6.07, 6.45) is 0. The lowest BCUT2D eigenvalue weighted by Gasteiger charge is -2.10. The maximum atomic E-state index is 5.39. The van der Waals surface area contributed by atoms with Crippen LogP contribution in [-0.4, -0.2) is 21.7 Å². The molecule has 2 aromatic heterocycles. The third-order valence-electron chi connectivity index (χ3n) is 3.01. The second-order valence-corrected chi connectivity index (χ2v) is 5.52. The zero-order valence-corrected chi connectivity index (χ0v) is 12.8. The van der Waals surface area contributed by atoms with Crippen molar-refractivity contribution in [1.29, 1.82) is 0 Å². The first-order valence-electron chi connectivity index (χ1n) is 6.81. The lowest BCUT2D eigenvalue weighted by molar-refractivity contribution is 0.429. The van der Waals surface area contributed by atoms with Gasteiger partial charge >= 0.3 is 0 Å². The highest BCUT2D eigenvalue weighted by molar-refractivity contribution is 7.98. The molecular weight excluding hydrogens is 284 g/mol. The minimum absolute atomic E-state index is 0.584. The largest absolute Gasteiger partial charge is 0.416 e. The monoisotopic (exact) mass is 300 g/mol. The Morgan fingerprint density at radius 2 is 2.10 bits per heavy atom. The van der Waals surface area contributed by atoms with Crippen molar-refractivity contribution in [3.63, 3.8) is 0 Å². The fourth-order valence-electron chi connectivity index (χ4n) is 2.07. The van der Waals surface area contributed by atoms with Gasteiger partial charge in [-0.2, -0.15) is 0 Å². The Kier molecular flexibility index (Phi) is 4.06. The van der Waals surface area contributed by atoms with E-state index in [4.69, 9.17) is 9.40 Å². The quantitative estimate of drug-likeness (QED) is 0.726. The average Bonchev–Trinajstić information content (AvgIpc) is 2.91. The maximum absolute atomic E-state index is 5.39. The van der Waals surface area contributed by atoms with Gasteiger partial charge in [0.25, 0.3) is 5.22 Å². The molecule has 0 aliphatic heterocycles. The van der Waals surface area contributed by atoms with Crippen molar-refractivity contribution in [3.8, 4) is 0 Å². The van der Waals surface area contributed by atoms with E-state index >= 15 is 0 Å². The van der Waals surface area contributed by atoms with Crippen LogP contribution in [0.4, 0.5) is 5.82 Å². The van der Waals surface area contributed by atoms with E-state index in [0.29, 0.717) is 11.1 Å². The summed E-state index contributed by atoms with van der Waals surface area (Å²) < 4.78 is 5.39. The van der Waals surface area contributed by atoms with Crippen LogP contribution in [0.2, 0.25) is 0 Å². The minimum atomic E-state index is 0.584. The number of pyridine rings is 1. The smallest absolute Gasteiger partial charge is 0.276 e. The predicted octanol–water partition coefficient (Wildman–Crippen LogP) is 3.65. The highest BCUT2D eigenvalue weighted by atomic mass is 32.2. The van der Waals surface area contributed by atoms with Crippen molar-refractivity contribution in [2.75, 3.05) is 11.9 Å². The number of para-hydroxylation sites is 1. The van der Waals surface area contributed by atoms with Gasteiger partial charge in [-0.15, -0.1) is 10.2 Å². The van der Waals surface area contributed by atoms with Crippen LogP contribution in [0.5, 0.6) is 0 Å². The normalized spacial score (nSPS) is 11.0. The summed E-state index contributed by atoms with van der Waals surface area (Å²) in [5.41, 5.74) is 2.13. The number of benzene rings is 1. The first-order chi connectivity index (χ1) is 10.3. The molecule has 5 nitrogen and oxygen atoms in total. The van der Waals surface area contributed by atoms with Gasteiger partial charge in [-0.1, -0.05) is 30.0 Å². The number of hydrogen-bond donors (Lipinski definition) is 1. The van der Waals surface area contributed by atoms with Crippen molar-refractivity contribution in [2.24, 2.45) is 0 Å². The molecule has 0 saturated carbocycles. The van der Waals surface area contributed by atoms with Gasteiger partial charge in [0.1, 0.15) is 5.82 Å². The second-order valence-electron chi connectivity index (χ2n) is 4.59. The summed E-state index contributed by atoms with van der Waals surface area (Å²) in [5, 5.41) is 12.9. The highest BCUT2D eigenvalue weighted by Gasteiger charge is 2.09. The number of rotatable bonds is 5. The summed E-state index contributed by atoms with van der Waals surface area (Å²) in [6, 6.07) is 10.3. The van der Waals surface area contributed by atoms with Crippen molar-refractivity contribution in [3.05, 3.63) is 41.8 Å². The molecule has 0 aliphatic carbocycles. The molecule has 0 atom stereocenters. The van der Waals surface area contributed by atoms with Crippen LogP contribution in [0, 0.1) is 6.92 Å². The summed E-state index contributed by atoms with van der Waals surface area (Å²) >= 11 is 1.52. The van der Waals surface area contributed by atoms with E-state index in [2.05, 4.69) is 34.6 Å². The molecule has 3 rings (SSSR count). The maximum Gasteiger partial charge on any atom is 0.276 e. The van der Waals surface area contributed by atoms with E-state index in [-0.39, 0.29) is 0 Å². The Bertz CT molecular complexity index is 756. The van der Waals surface area contributed by atoms with E-state index in [0.717, 1.165) is 34.6 Å². The third kappa shape index (κ3) is 3.16. The van der Waals surface area contributed by atoms with Crippen LogP contribution >= 0.6 is 11.8 Å². The van der Waals surface area contributed by atoms with Crippen molar-refractivity contribution in [1.82, 2.24) is 15.2 Å². The van der Waals surface area contributed by atoms with Gasteiger partial charge in [0, 0.05) is 30.2 Å². The number of aryl methyl sites for hydroxylation is 1. The molecule has 6 heteroatoms. The van der Waals surface area contributed by atoms with E-state index in [1.54, 1.807) is 6.92 Å². The van der Waals surface area contributed by atoms with Crippen LogP contribution in [0.25, 0.3) is 10.9 Å². The van der Waals surface area contributed by atoms with Gasteiger partial charge < -0.3 is 9.73 Å². The molecule has 3 aromatic rings. The third-order valence-corrected chi connectivity index (χ3v) is 3.87. The molecule has 21 heavy (non-hydrogen) atoms. The van der Waals surface area contributed by atoms with Crippen LogP contribution in [0.3, 0.4) is 0 Å². The van der Waals surface area contributed by atoms with E-state index in [9.17, 15) is 0 Å². The molecule has 0 amide bonds. The number of fused-ring (bicyclic) bond motifs is 1. The summed E-state index contributed by atoms with van der Waals surface area (Å²) in [4.78, 5) is 4.69. The number of hydrogen-bond acceptors (Lipinski definition) is 6. The van der Waals surface area contributed by atoms with Gasteiger partial charge in [0.15, 0.2) is 0 Å². The Labute approximate surface area is 127 Å². The van der Waals surface area contributed by atoms with Crippen LogP contribution in [-0.2, 0) is 5.75 Å². The molecule has 0 bridgehead atoms. The summed E-state index contributed by atoms with van der Waals surface area (Å²) in [6.45, 7) is 4.69. The van der Waals surface area contributed by atoms with Crippen LogP contribution in [0.1, 0.15) is 18.4 Å². The Morgan fingerprint density at radius 3 is 2.86 bits per heavy atom. The fourth-order valence-corrected chi connectivity index (χ4v) is 2.84. The molecule has 0 radical (unpaired) electrons. The van der Waals surface area contributed by atoms with Crippen molar-refractivity contribution < 1.29 is 4.42 Å². The zero-order chi connectivity index (χ0) is 14.7. The lowest BCUT2D eigenvalue weighted by Crippen LogP contribution is -2.03. The molecule has 0 fully saturated rings. The topological polar surface area (TPSA) is 63.8 Å². The number of thioether (sulfide) groups is 1. The zero-order valence-electron chi connectivity index (χ0n) is 12.0. The van der Waals surface area contributed by atoms with Gasteiger partial charge in [-0.25, -0.2) is 4.98 Å². The minimum Gasteiger partial charge on any atom is -0.416 e. The van der Waals surface area contributed by atoms with Crippen molar-refractivity contribution in [2.45, 2.75) is 24.8 Å². The molecule has 2 heterocycles. The first-order valence-corrected chi connectivity index (χ1v) is 7.80. The Morgan fingerprint density at radius 1 is 1.24 bits per heavy atom. The van der Waals surface area contributed by atoms with E-state index in [1.807, 2.05) is 18.2 Å². The number of nitrogens with one attached hydrogen (secondary N) is 1. The van der Waals surface area contributed by atoms with Gasteiger partial charge in [-0.3, -0.25) is 0 Å². The molecule has 0 unspecified atom stereocenters. The SMILES string of the molecule is CCNc1nc2ccccc2cc1CSc1nnc(C)o1. The summed E-state index contributed by atoms with van der Waals surface area (Å²) in [7, 11) is 0. The number of anilines is 1. The molecule has 0 saturated heterocycles. The first kappa shape index (κ1) is 13.9. The highest BCUT2D eigenvalue weighted by Crippen LogP contribution is 2.27. The van der Waals surface area contributed by atoms with E-state index < -0.39 is 0 Å². The molecule has 108 valence electrons. The molecular formula is C15H16N4OS. The Hall–Kier alpha value is -2.08.